The minimum absolute atomic E-state index is 0.313. The summed E-state index contributed by atoms with van der Waals surface area (Å²) in [7, 11) is 1.40. The highest BCUT2D eigenvalue weighted by molar-refractivity contribution is 5.79. The van der Waals surface area contributed by atoms with Gasteiger partial charge in [-0.3, -0.25) is 4.79 Å². The number of esters is 1. The van der Waals surface area contributed by atoms with E-state index in [0.29, 0.717) is 11.8 Å². The molecule has 1 aliphatic rings. The fourth-order valence-corrected chi connectivity index (χ4v) is 3.21. The van der Waals surface area contributed by atoms with E-state index >= 15 is 0 Å². The van der Waals surface area contributed by atoms with Gasteiger partial charge in [0.25, 0.3) is 0 Å². The lowest BCUT2D eigenvalue weighted by Crippen LogP contribution is -2.46. The quantitative estimate of drug-likeness (QED) is 0.730. The van der Waals surface area contributed by atoms with Crippen LogP contribution in [0.3, 0.4) is 0 Å². The van der Waals surface area contributed by atoms with Gasteiger partial charge in [-0.15, -0.1) is 0 Å². The second-order valence-corrected chi connectivity index (χ2v) is 6.56. The lowest BCUT2D eigenvalue weighted by molar-refractivity contribution is -0.146. The van der Waals surface area contributed by atoms with Crippen molar-refractivity contribution in [2.45, 2.75) is 64.8 Å². The molecule has 0 aromatic rings. The summed E-state index contributed by atoms with van der Waals surface area (Å²) < 4.78 is 4.74. The van der Waals surface area contributed by atoms with Crippen molar-refractivity contribution < 1.29 is 9.53 Å². The third-order valence-corrected chi connectivity index (χ3v) is 5.24. The molecule has 0 amide bonds. The number of ether oxygens (including phenoxy) is 1. The molecule has 20 heavy (non-hydrogen) atoms. The van der Waals surface area contributed by atoms with Gasteiger partial charge in [-0.05, 0) is 57.7 Å². The van der Waals surface area contributed by atoms with E-state index in [9.17, 15) is 4.79 Å². The Morgan fingerprint density at radius 3 is 2.30 bits per heavy atom. The normalized spacial score (nSPS) is 22.2. The van der Waals surface area contributed by atoms with Gasteiger partial charge in [0.2, 0.25) is 0 Å². The van der Waals surface area contributed by atoms with Crippen molar-refractivity contribution in [3.8, 4) is 0 Å². The van der Waals surface area contributed by atoms with Crippen LogP contribution >= 0.6 is 0 Å². The van der Waals surface area contributed by atoms with Gasteiger partial charge in [-0.1, -0.05) is 26.7 Å². The predicted octanol–water partition coefficient (Wildman–Crippen LogP) is 2.56. The van der Waals surface area contributed by atoms with Gasteiger partial charge in [0.1, 0.15) is 5.54 Å². The smallest absolute Gasteiger partial charge is 0.325 e. The minimum Gasteiger partial charge on any atom is -0.468 e. The van der Waals surface area contributed by atoms with E-state index in [2.05, 4.69) is 18.7 Å². The first-order valence-electron chi connectivity index (χ1n) is 7.99. The van der Waals surface area contributed by atoms with Gasteiger partial charge in [-0.25, -0.2) is 0 Å². The van der Waals surface area contributed by atoms with Crippen LogP contribution in [0.15, 0.2) is 0 Å². The van der Waals surface area contributed by atoms with Gasteiger partial charge in [-0.2, -0.15) is 0 Å². The summed E-state index contributed by atoms with van der Waals surface area (Å²) in [4.78, 5) is 14.0. The molecule has 0 aliphatic carbocycles. The van der Waals surface area contributed by atoms with E-state index in [4.69, 9.17) is 10.5 Å². The van der Waals surface area contributed by atoms with E-state index in [0.717, 1.165) is 13.0 Å². The third kappa shape index (κ3) is 4.45. The van der Waals surface area contributed by atoms with Crippen molar-refractivity contribution in [2.24, 2.45) is 11.1 Å². The Labute approximate surface area is 124 Å². The Morgan fingerprint density at radius 1 is 1.30 bits per heavy atom. The van der Waals surface area contributed by atoms with E-state index in [1.807, 2.05) is 0 Å². The molecule has 1 unspecified atom stereocenters. The van der Waals surface area contributed by atoms with Crippen LogP contribution in [0, 0.1) is 5.41 Å². The molecule has 0 saturated carbocycles. The zero-order valence-corrected chi connectivity index (χ0v) is 13.7. The molecule has 4 heteroatoms. The third-order valence-electron chi connectivity index (χ3n) is 5.24. The SMILES string of the molecule is CCC1(CC)CCN(CCCC(C)(N)C(=O)OC)CC1. The monoisotopic (exact) mass is 284 g/mol. The number of piperidine rings is 1. The molecule has 4 nitrogen and oxygen atoms in total. The standard InChI is InChI=1S/C16H32N2O2/c1-5-16(6-2)9-12-18(13-10-16)11-7-8-15(3,17)14(19)20-4/h5-13,17H2,1-4H3. The first-order valence-corrected chi connectivity index (χ1v) is 7.99. The summed E-state index contributed by atoms with van der Waals surface area (Å²) >= 11 is 0. The molecule has 1 rings (SSSR count). The van der Waals surface area contributed by atoms with Crippen molar-refractivity contribution >= 4 is 5.97 Å². The maximum atomic E-state index is 11.5. The van der Waals surface area contributed by atoms with Crippen LogP contribution in [-0.4, -0.2) is 43.2 Å². The summed E-state index contributed by atoms with van der Waals surface area (Å²) in [5.41, 5.74) is 5.71. The molecule has 1 fully saturated rings. The number of nitrogens with zero attached hydrogens (tertiary/aromatic N) is 1. The number of rotatable bonds is 7. The Kier molecular flexibility index (Phi) is 6.46. The molecule has 1 saturated heterocycles. The van der Waals surface area contributed by atoms with E-state index in [-0.39, 0.29) is 5.97 Å². The van der Waals surface area contributed by atoms with Gasteiger partial charge < -0.3 is 15.4 Å². The zero-order valence-electron chi connectivity index (χ0n) is 13.7. The van der Waals surface area contributed by atoms with Gasteiger partial charge >= 0.3 is 5.97 Å². The van der Waals surface area contributed by atoms with Gasteiger partial charge in [0.15, 0.2) is 0 Å². The van der Waals surface area contributed by atoms with Crippen LogP contribution in [0.4, 0.5) is 0 Å². The largest absolute Gasteiger partial charge is 0.468 e. The van der Waals surface area contributed by atoms with Crippen LogP contribution in [0.2, 0.25) is 0 Å². The number of likely N-dealkylation sites (tertiary alicyclic amines) is 1. The fourth-order valence-electron chi connectivity index (χ4n) is 3.21. The Hall–Kier alpha value is -0.610. The Bertz CT molecular complexity index is 302. The maximum absolute atomic E-state index is 11.5. The highest BCUT2D eigenvalue weighted by Crippen LogP contribution is 2.37. The van der Waals surface area contributed by atoms with E-state index in [1.165, 1.54) is 45.9 Å². The second-order valence-electron chi connectivity index (χ2n) is 6.56. The van der Waals surface area contributed by atoms with Crippen LogP contribution in [0.1, 0.15) is 59.3 Å². The number of hydrogen-bond acceptors (Lipinski definition) is 4. The van der Waals surface area contributed by atoms with E-state index < -0.39 is 5.54 Å². The number of carbonyl (C=O) groups is 1. The number of nitrogens with two attached hydrogens (primary N) is 1. The molecular weight excluding hydrogens is 252 g/mol. The van der Waals surface area contributed by atoms with Crippen LogP contribution in [0.25, 0.3) is 0 Å². The summed E-state index contributed by atoms with van der Waals surface area (Å²) in [6.07, 6.45) is 6.82. The van der Waals surface area contributed by atoms with Crippen LogP contribution in [0.5, 0.6) is 0 Å². The molecule has 1 heterocycles. The van der Waals surface area contributed by atoms with Crippen molar-refractivity contribution in [3.63, 3.8) is 0 Å². The van der Waals surface area contributed by atoms with Crippen LogP contribution < -0.4 is 5.73 Å². The molecule has 0 aromatic carbocycles. The molecule has 1 aliphatic heterocycles. The molecular formula is C16H32N2O2. The van der Waals surface area contributed by atoms with E-state index in [1.54, 1.807) is 6.92 Å². The summed E-state index contributed by atoms with van der Waals surface area (Å²) in [5.74, 6) is -0.313. The van der Waals surface area contributed by atoms with Gasteiger partial charge in [0.05, 0.1) is 7.11 Å². The molecule has 1 atom stereocenters. The van der Waals surface area contributed by atoms with Crippen molar-refractivity contribution in [1.29, 1.82) is 0 Å². The van der Waals surface area contributed by atoms with Gasteiger partial charge in [0, 0.05) is 0 Å². The zero-order chi connectivity index (χ0) is 15.2. The lowest BCUT2D eigenvalue weighted by Gasteiger charge is -2.41. The molecule has 0 bridgehead atoms. The highest BCUT2D eigenvalue weighted by atomic mass is 16.5. The fraction of sp³-hybridized carbons (Fsp3) is 0.938. The van der Waals surface area contributed by atoms with Crippen molar-refractivity contribution in [3.05, 3.63) is 0 Å². The molecule has 118 valence electrons. The molecule has 0 radical (unpaired) electrons. The summed E-state index contributed by atoms with van der Waals surface area (Å²) in [6.45, 7) is 9.79. The Morgan fingerprint density at radius 2 is 1.85 bits per heavy atom. The first kappa shape index (κ1) is 17.4. The molecule has 0 spiro atoms. The number of methoxy groups -OCH3 is 1. The predicted molar refractivity (Wildman–Crippen MR) is 82.5 cm³/mol. The lowest BCUT2D eigenvalue weighted by atomic mass is 9.74. The topological polar surface area (TPSA) is 55.6 Å². The Balaban J connectivity index is 2.30. The average molecular weight is 284 g/mol. The van der Waals surface area contributed by atoms with Crippen LogP contribution in [-0.2, 0) is 9.53 Å². The minimum atomic E-state index is -0.846. The summed E-state index contributed by atoms with van der Waals surface area (Å²) in [5, 5.41) is 0. The van der Waals surface area contributed by atoms with Crippen molar-refractivity contribution in [1.82, 2.24) is 4.90 Å². The number of carbonyl (C=O) groups excluding carboxylic acids is 1. The number of hydrogen-bond donors (Lipinski definition) is 1. The molecule has 2 N–H and O–H groups in total. The second kappa shape index (κ2) is 7.41. The summed E-state index contributed by atoms with van der Waals surface area (Å²) in [6, 6.07) is 0. The first-order chi connectivity index (χ1) is 9.39. The average Bonchev–Trinajstić information content (AvgIpc) is 2.47. The maximum Gasteiger partial charge on any atom is 0.325 e. The van der Waals surface area contributed by atoms with Crippen molar-refractivity contribution in [2.75, 3.05) is 26.7 Å². The molecule has 0 aromatic heterocycles. The highest BCUT2D eigenvalue weighted by Gasteiger charge is 2.32.